The van der Waals surface area contributed by atoms with E-state index in [1.165, 1.54) is 10.4 Å². The Morgan fingerprint density at radius 3 is 3.25 bits per heavy atom. The molecule has 0 bridgehead atoms. The van der Waals surface area contributed by atoms with Crippen LogP contribution in [0.2, 0.25) is 0 Å². The summed E-state index contributed by atoms with van der Waals surface area (Å²) in [5, 5.41) is 5.00. The molecule has 16 heavy (non-hydrogen) atoms. The number of thiophene rings is 1. The Morgan fingerprint density at radius 1 is 1.69 bits per heavy atom. The van der Waals surface area contributed by atoms with Gasteiger partial charge in [0, 0.05) is 24.0 Å². The summed E-state index contributed by atoms with van der Waals surface area (Å²) in [7, 11) is 0. The number of carbonyl (C=O) groups excluding carboxylic acids is 1. The minimum atomic E-state index is 0.132. The van der Waals surface area contributed by atoms with Crippen molar-refractivity contribution in [1.29, 1.82) is 0 Å². The Bertz CT molecular complexity index is 375. The largest absolute Gasteiger partial charge is 0.355 e. The number of rotatable bonds is 3. The number of nitrogens with zero attached hydrogens (tertiary/aromatic N) is 1. The number of amides is 1. The maximum Gasteiger partial charge on any atom is 0.234 e. The summed E-state index contributed by atoms with van der Waals surface area (Å²) >= 11 is 1.83. The molecule has 4 heteroatoms. The molecule has 1 aliphatic rings. The molecule has 3 nitrogen and oxygen atoms in total. The highest BCUT2D eigenvalue weighted by atomic mass is 32.1. The van der Waals surface area contributed by atoms with Crippen LogP contribution in [0.15, 0.2) is 11.4 Å². The molecule has 0 aliphatic carbocycles. The highest BCUT2D eigenvalue weighted by molar-refractivity contribution is 7.10. The van der Waals surface area contributed by atoms with Crippen molar-refractivity contribution in [2.45, 2.75) is 26.3 Å². The molecular formula is C12H18N2OS. The molecular weight excluding hydrogens is 220 g/mol. The molecule has 0 spiro atoms. The third-order valence-corrected chi connectivity index (χ3v) is 4.12. The van der Waals surface area contributed by atoms with Crippen LogP contribution in [0.5, 0.6) is 0 Å². The number of hydrogen-bond acceptors (Lipinski definition) is 3. The standard InChI is InChI=1S/C12H18N2OS/c1-3-13-12(15)8-14-6-4-11-10(9(14)2)5-7-16-11/h5,7,9H,3-4,6,8H2,1-2H3,(H,13,15)/t9-/m0/s1. The molecule has 0 fully saturated rings. The van der Waals surface area contributed by atoms with Gasteiger partial charge in [-0.1, -0.05) is 0 Å². The van der Waals surface area contributed by atoms with Crippen LogP contribution in [0, 0.1) is 0 Å². The molecule has 1 aromatic rings. The van der Waals surface area contributed by atoms with Crippen LogP contribution < -0.4 is 5.32 Å². The maximum absolute atomic E-state index is 11.6. The lowest BCUT2D eigenvalue weighted by molar-refractivity contribution is -0.122. The first-order chi connectivity index (χ1) is 7.72. The molecule has 1 amide bonds. The zero-order valence-electron chi connectivity index (χ0n) is 9.82. The molecule has 1 atom stereocenters. The summed E-state index contributed by atoms with van der Waals surface area (Å²) in [4.78, 5) is 15.3. The van der Waals surface area contributed by atoms with E-state index in [2.05, 4.69) is 28.6 Å². The van der Waals surface area contributed by atoms with E-state index >= 15 is 0 Å². The molecule has 0 saturated carbocycles. The lowest BCUT2D eigenvalue weighted by atomic mass is 10.0. The molecule has 1 aliphatic heterocycles. The number of hydrogen-bond donors (Lipinski definition) is 1. The summed E-state index contributed by atoms with van der Waals surface area (Å²) < 4.78 is 0. The topological polar surface area (TPSA) is 32.3 Å². The van der Waals surface area contributed by atoms with E-state index in [4.69, 9.17) is 0 Å². The van der Waals surface area contributed by atoms with Crippen molar-refractivity contribution in [3.63, 3.8) is 0 Å². The lowest BCUT2D eigenvalue weighted by Crippen LogP contribution is -2.41. The van der Waals surface area contributed by atoms with E-state index in [-0.39, 0.29) is 5.91 Å². The van der Waals surface area contributed by atoms with Gasteiger partial charge in [0.1, 0.15) is 0 Å². The zero-order chi connectivity index (χ0) is 11.5. The van der Waals surface area contributed by atoms with Gasteiger partial charge in [-0.15, -0.1) is 11.3 Å². The van der Waals surface area contributed by atoms with Crippen molar-refractivity contribution in [2.75, 3.05) is 19.6 Å². The van der Waals surface area contributed by atoms with Crippen molar-refractivity contribution in [2.24, 2.45) is 0 Å². The van der Waals surface area contributed by atoms with Crippen LogP contribution in [0.1, 0.15) is 30.3 Å². The Balaban J connectivity index is 2.01. The van der Waals surface area contributed by atoms with E-state index in [0.717, 1.165) is 13.0 Å². The highest BCUT2D eigenvalue weighted by Gasteiger charge is 2.25. The van der Waals surface area contributed by atoms with Crippen molar-refractivity contribution < 1.29 is 4.79 Å². The van der Waals surface area contributed by atoms with Gasteiger partial charge in [0.05, 0.1) is 6.54 Å². The van der Waals surface area contributed by atoms with E-state index in [1.807, 2.05) is 18.3 Å². The van der Waals surface area contributed by atoms with E-state index in [0.29, 0.717) is 19.1 Å². The number of nitrogens with one attached hydrogen (secondary N) is 1. The van der Waals surface area contributed by atoms with Crippen molar-refractivity contribution in [1.82, 2.24) is 10.2 Å². The van der Waals surface area contributed by atoms with Crippen molar-refractivity contribution >= 4 is 17.2 Å². The monoisotopic (exact) mass is 238 g/mol. The summed E-state index contributed by atoms with van der Waals surface area (Å²) in [6.07, 6.45) is 1.08. The summed E-state index contributed by atoms with van der Waals surface area (Å²) in [5.74, 6) is 0.132. The fourth-order valence-corrected chi connectivity index (χ4v) is 3.18. The van der Waals surface area contributed by atoms with Gasteiger partial charge in [0.2, 0.25) is 5.91 Å². The normalized spacial score (nSPS) is 20.5. The summed E-state index contributed by atoms with van der Waals surface area (Å²) in [6, 6.07) is 2.56. The molecule has 1 N–H and O–H groups in total. The first-order valence-electron chi connectivity index (χ1n) is 5.79. The second-order valence-electron chi connectivity index (χ2n) is 4.15. The first-order valence-corrected chi connectivity index (χ1v) is 6.67. The SMILES string of the molecule is CCNC(=O)CN1CCc2sccc2[C@@H]1C. The number of fused-ring (bicyclic) bond motifs is 1. The van der Waals surface area contributed by atoms with Gasteiger partial charge in [0.25, 0.3) is 0 Å². The third-order valence-electron chi connectivity index (χ3n) is 3.12. The van der Waals surface area contributed by atoms with Crippen LogP contribution in [0.25, 0.3) is 0 Å². The Hall–Kier alpha value is -0.870. The molecule has 2 rings (SSSR count). The van der Waals surface area contributed by atoms with Gasteiger partial charge in [-0.2, -0.15) is 0 Å². The fourth-order valence-electron chi connectivity index (χ4n) is 2.21. The fraction of sp³-hybridized carbons (Fsp3) is 0.583. The zero-order valence-corrected chi connectivity index (χ0v) is 10.6. The molecule has 88 valence electrons. The summed E-state index contributed by atoms with van der Waals surface area (Å²) in [6.45, 7) is 6.36. The minimum absolute atomic E-state index is 0.132. The average molecular weight is 238 g/mol. The highest BCUT2D eigenvalue weighted by Crippen LogP contribution is 2.32. The van der Waals surface area contributed by atoms with Crippen LogP contribution in [0.4, 0.5) is 0 Å². The minimum Gasteiger partial charge on any atom is -0.355 e. The third kappa shape index (κ3) is 2.28. The Kier molecular flexibility index (Phi) is 3.61. The van der Waals surface area contributed by atoms with Crippen LogP contribution >= 0.6 is 11.3 Å². The lowest BCUT2D eigenvalue weighted by Gasteiger charge is -2.32. The molecule has 0 saturated heterocycles. The molecule has 0 radical (unpaired) electrons. The summed E-state index contributed by atoms with van der Waals surface area (Å²) in [5.41, 5.74) is 1.40. The van der Waals surface area contributed by atoms with Crippen LogP contribution in [-0.4, -0.2) is 30.4 Å². The quantitative estimate of drug-likeness (QED) is 0.871. The average Bonchev–Trinajstić information content (AvgIpc) is 2.71. The molecule has 2 heterocycles. The van der Waals surface area contributed by atoms with Gasteiger partial charge >= 0.3 is 0 Å². The van der Waals surface area contributed by atoms with Crippen LogP contribution in [0.3, 0.4) is 0 Å². The molecule has 1 aromatic heterocycles. The number of carbonyl (C=O) groups is 1. The Labute approximate surface area is 100 Å². The Morgan fingerprint density at radius 2 is 2.50 bits per heavy atom. The van der Waals surface area contributed by atoms with E-state index in [9.17, 15) is 4.79 Å². The second kappa shape index (κ2) is 4.97. The smallest absolute Gasteiger partial charge is 0.234 e. The van der Waals surface area contributed by atoms with Crippen LogP contribution in [-0.2, 0) is 11.2 Å². The number of likely N-dealkylation sites (N-methyl/N-ethyl adjacent to an activating group) is 1. The molecule has 0 unspecified atom stereocenters. The van der Waals surface area contributed by atoms with Gasteiger partial charge in [-0.3, -0.25) is 9.69 Å². The van der Waals surface area contributed by atoms with Gasteiger partial charge < -0.3 is 5.32 Å². The van der Waals surface area contributed by atoms with Crippen molar-refractivity contribution in [3.8, 4) is 0 Å². The van der Waals surface area contributed by atoms with E-state index < -0.39 is 0 Å². The van der Waals surface area contributed by atoms with Crippen molar-refractivity contribution in [3.05, 3.63) is 21.9 Å². The predicted octanol–water partition coefficient (Wildman–Crippen LogP) is 1.80. The maximum atomic E-state index is 11.6. The second-order valence-corrected chi connectivity index (χ2v) is 5.15. The first kappa shape index (κ1) is 11.6. The molecule has 0 aromatic carbocycles. The predicted molar refractivity (Wildman–Crippen MR) is 66.7 cm³/mol. The van der Waals surface area contributed by atoms with Gasteiger partial charge in [0.15, 0.2) is 0 Å². The van der Waals surface area contributed by atoms with Gasteiger partial charge in [-0.05, 0) is 37.3 Å². The van der Waals surface area contributed by atoms with E-state index in [1.54, 1.807) is 0 Å². The van der Waals surface area contributed by atoms with Gasteiger partial charge in [-0.25, -0.2) is 0 Å².